The van der Waals surface area contributed by atoms with E-state index in [2.05, 4.69) is 53.5 Å². The van der Waals surface area contributed by atoms with Gasteiger partial charge in [0.1, 0.15) is 5.54 Å². The van der Waals surface area contributed by atoms with Gasteiger partial charge in [-0.2, -0.15) is 5.26 Å². The van der Waals surface area contributed by atoms with E-state index < -0.39 is 0 Å². The Bertz CT molecular complexity index is 526. The first kappa shape index (κ1) is 16.5. The molecule has 23 heavy (non-hydrogen) atoms. The third kappa shape index (κ3) is 3.59. The van der Waals surface area contributed by atoms with Crippen LogP contribution in [0.1, 0.15) is 56.9 Å². The maximum absolute atomic E-state index is 9.57. The van der Waals surface area contributed by atoms with Crippen LogP contribution in [0.2, 0.25) is 0 Å². The summed E-state index contributed by atoms with van der Waals surface area (Å²) >= 11 is 0. The van der Waals surface area contributed by atoms with Crippen molar-refractivity contribution in [2.45, 2.75) is 62.9 Å². The van der Waals surface area contributed by atoms with Gasteiger partial charge in [0.05, 0.1) is 6.07 Å². The summed E-state index contributed by atoms with van der Waals surface area (Å²) in [6, 6.07) is 14.2. The Morgan fingerprint density at radius 1 is 1.17 bits per heavy atom. The zero-order chi connectivity index (χ0) is 16.1. The van der Waals surface area contributed by atoms with E-state index in [1.165, 1.54) is 31.2 Å². The SMILES string of the molecule is CCNC1(C#N)CCN(C2CCCCC2c2ccccc2)CC1. The molecule has 2 unspecified atom stereocenters. The van der Waals surface area contributed by atoms with Crippen molar-refractivity contribution in [3.8, 4) is 6.07 Å². The maximum Gasteiger partial charge on any atom is 0.109 e. The highest BCUT2D eigenvalue weighted by atomic mass is 15.2. The molecule has 1 aliphatic carbocycles. The van der Waals surface area contributed by atoms with E-state index >= 15 is 0 Å². The summed E-state index contributed by atoms with van der Waals surface area (Å²) < 4.78 is 0. The zero-order valence-corrected chi connectivity index (χ0v) is 14.3. The second kappa shape index (κ2) is 7.47. The lowest BCUT2D eigenvalue weighted by atomic mass is 9.77. The van der Waals surface area contributed by atoms with Crippen LogP contribution in [0.5, 0.6) is 0 Å². The highest BCUT2D eigenvalue weighted by Crippen LogP contribution is 2.38. The van der Waals surface area contributed by atoms with Crippen molar-refractivity contribution >= 4 is 0 Å². The van der Waals surface area contributed by atoms with Gasteiger partial charge in [0.15, 0.2) is 0 Å². The molecule has 1 aromatic carbocycles. The van der Waals surface area contributed by atoms with Gasteiger partial charge in [-0.15, -0.1) is 0 Å². The monoisotopic (exact) mass is 311 g/mol. The van der Waals surface area contributed by atoms with Gasteiger partial charge in [0.25, 0.3) is 0 Å². The lowest BCUT2D eigenvalue weighted by molar-refractivity contribution is 0.0858. The van der Waals surface area contributed by atoms with Gasteiger partial charge in [0.2, 0.25) is 0 Å². The van der Waals surface area contributed by atoms with E-state index in [1.807, 2.05) is 0 Å². The smallest absolute Gasteiger partial charge is 0.109 e. The van der Waals surface area contributed by atoms with Crippen LogP contribution in [-0.4, -0.2) is 36.1 Å². The normalized spacial score (nSPS) is 28.2. The van der Waals surface area contributed by atoms with Gasteiger partial charge in [0, 0.05) is 19.1 Å². The first-order valence-electron chi connectivity index (χ1n) is 9.23. The summed E-state index contributed by atoms with van der Waals surface area (Å²) in [6.45, 7) is 5.07. The predicted octanol–water partition coefficient (Wildman–Crippen LogP) is 3.68. The molecule has 2 atom stereocenters. The maximum atomic E-state index is 9.57. The molecule has 0 amide bonds. The molecule has 1 aromatic rings. The second-order valence-corrected chi connectivity index (χ2v) is 7.13. The van der Waals surface area contributed by atoms with Gasteiger partial charge in [-0.25, -0.2) is 0 Å². The molecule has 3 nitrogen and oxygen atoms in total. The van der Waals surface area contributed by atoms with Crippen molar-refractivity contribution in [2.75, 3.05) is 19.6 Å². The Labute approximate surface area is 140 Å². The standard InChI is InChI=1S/C20H29N3/c1-2-22-20(16-21)12-14-23(15-13-20)19-11-7-6-10-18(19)17-8-4-3-5-9-17/h3-5,8-9,18-19,22H,2,6-7,10-15H2,1H3. The Kier molecular flexibility index (Phi) is 5.35. The number of nitrogens with zero attached hydrogens (tertiary/aromatic N) is 2. The van der Waals surface area contributed by atoms with Gasteiger partial charge in [-0.3, -0.25) is 10.2 Å². The molecular formula is C20H29N3. The third-order valence-electron chi connectivity index (χ3n) is 5.81. The Balaban J connectivity index is 1.70. The van der Waals surface area contributed by atoms with Crippen LogP contribution in [0, 0.1) is 11.3 Å². The summed E-state index contributed by atoms with van der Waals surface area (Å²) in [5, 5.41) is 13.0. The van der Waals surface area contributed by atoms with E-state index in [1.54, 1.807) is 0 Å². The zero-order valence-electron chi connectivity index (χ0n) is 14.3. The van der Waals surface area contributed by atoms with Crippen molar-refractivity contribution in [2.24, 2.45) is 0 Å². The van der Waals surface area contributed by atoms with E-state index in [0.717, 1.165) is 32.5 Å². The van der Waals surface area contributed by atoms with Crippen LogP contribution < -0.4 is 5.32 Å². The molecule has 1 N–H and O–H groups in total. The average Bonchev–Trinajstić information content (AvgIpc) is 2.63. The lowest BCUT2D eigenvalue weighted by Gasteiger charge is -2.45. The van der Waals surface area contributed by atoms with Crippen LogP contribution in [0.3, 0.4) is 0 Å². The van der Waals surface area contributed by atoms with Crippen LogP contribution in [0.4, 0.5) is 0 Å². The van der Waals surface area contributed by atoms with Crippen molar-refractivity contribution in [1.82, 2.24) is 10.2 Å². The molecule has 1 saturated carbocycles. The molecule has 0 spiro atoms. The molecule has 0 aromatic heterocycles. The van der Waals surface area contributed by atoms with E-state index in [-0.39, 0.29) is 5.54 Å². The van der Waals surface area contributed by atoms with Crippen molar-refractivity contribution < 1.29 is 0 Å². The Hall–Kier alpha value is -1.37. The molecule has 1 aliphatic heterocycles. The number of hydrogen-bond acceptors (Lipinski definition) is 3. The molecule has 124 valence electrons. The first-order valence-corrected chi connectivity index (χ1v) is 9.23. The number of hydrogen-bond donors (Lipinski definition) is 1. The quantitative estimate of drug-likeness (QED) is 0.922. The second-order valence-electron chi connectivity index (χ2n) is 7.13. The summed E-state index contributed by atoms with van der Waals surface area (Å²) in [7, 11) is 0. The topological polar surface area (TPSA) is 39.1 Å². The molecule has 1 heterocycles. The number of rotatable bonds is 4. The number of benzene rings is 1. The summed E-state index contributed by atoms with van der Waals surface area (Å²) in [5.41, 5.74) is 1.21. The largest absolute Gasteiger partial charge is 0.300 e. The molecule has 1 saturated heterocycles. The van der Waals surface area contributed by atoms with Crippen LogP contribution >= 0.6 is 0 Å². The summed E-state index contributed by atoms with van der Waals surface area (Å²) in [6.07, 6.45) is 7.22. The van der Waals surface area contributed by atoms with Gasteiger partial charge in [-0.1, -0.05) is 50.1 Å². The van der Waals surface area contributed by atoms with Crippen LogP contribution in [-0.2, 0) is 0 Å². The molecule has 3 heteroatoms. The third-order valence-corrected chi connectivity index (χ3v) is 5.81. The molecule has 0 radical (unpaired) electrons. The first-order chi connectivity index (χ1) is 11.3. The fraction of sp³-hybridized carbons (Fsp3) is 0.650. The number of nitriles is 1. The molecular weight excluding hydrogens is 282 g/mol. The molecule has 0 bridgehead atoms. The Morgan fingerprint density at radius 2 is 1.87 bits per heavy atom. The highest BCUT2D eigenvalue weighted by molar-refractivity contribution is 5.22. The number of piperidine rings is 1. The number of likely N-dealkylation sites (tertiary alicyclic amines) is 1. The molecule has 3 rings (SSSR count). The van der Waals surface area contributed by atoms with Crippen LogP contribution in [0.25, 0.3) is 0 Å². The summed E-state index contributed by atoms with van der Waals surface area (Å²) in [4.78, 5) is 2.67. The van der Waals surface area contributed by atoms with Gasteiger partial charge >= 0.3 is 0 Å². The molecule has 2 aliphatic rings. The van der Waals surface area contributed by atoms with Gasteiger partial charge in [-0.05, 0) is 43.7 Å². The highest BCUT2D eigenvalue weighted by Gasteiger charge is 2.38. The van der Waals surface area contributed by atoms with Crippen molar-refractivity contribution in [3.05, 3.63) is 35.9 Å². The van der Waals surface area contributed by atoms with E-state index in [9.17, 15) is 5.26 Å². The average molecular weight is 311 g/mol. The minimum Gasteiger partial charge on any atom is -0.300 e. The van der Waals surface area contributed by atoms with E-state index in [4.69, 9.17) is 0 Å². The van der Waals surface area contributed by atoms with Crippen molar-refractivity contribution in [1.29, 1.82) is 5.26 Å². The fourth-order valence-corrected chi connectivity index (χ4v) is 4.54. The van der Waals surface area contributed by atoms with Crippen molar-refractivity contribution in [3.63, 3.8) is 0 Å². The van der Waals surface area contributed by atoms with E-state index in [0.29, 0.717) is 12.0 Å². The van der Waals surface area contributed by atoms with Crippen LogP contribution in [0.15, 0.2) is 30.3 Å². The van der Waals surface area contributed by atoms with Gasteiger partial charge < -0.3 is 0 Å². The Morgan fingerprint density at radius 3 is 2.52 bits per heavy atom. The lowest BCUT2D eigenvalue weighted by Crippen LogP contribution is -2.55. The minimum atomic E-state index is -0.290. The fourth-order valence-electron chi connectivity index (χ4n) is 4.54. The predicted molar refractivity (Wildman–Crippen MR) is 94.3 cm³/mol. The minimum absolute atomic E-state index is 0.290. The molecule has 2 fully saturated rings. The summed E-state index contributed by atoms with van der Waals surface area (Å²) in [5.74, 6) is 0.665. The number of nitrogens with one attached hydrogen (secondary N) is 1.